The van der Waals surface area contributed by atoms with Crippen molar-refractivity contribution >= 4 is 27.3 Å². The average Bonchev–Trinajstić information content (AvgIpc) is 2.73. The van der Waals surface area contributed by atoms with E-state index >= 15 is 0 Å². The molecule has 1 aromatic rings. The SMILES string of the molecule is CCNCC1OCCN(C)C1c1ccc(Br)s1. The van der Waals surface area contributed by atoms with Crippen molar-refractivity contribution in [1.82, 2.24) is 10.2 Å². The third kappa shape index (κ3) is 3.29. The minimum Gasteiger partial charge on any atom is -0.374 e. The van der Waals surface area contributed by atoms with Crippen LogP contribution in [0.3, 0.4) is 0 Å². The number of nitrogens with zero attached hydrogens (tertiary/aromatic N) is 1. The number of nitrogens with one attached hydrogen (secondary N) is 1. The van der Waals surface area contributed by atoms with Crippen molar-refractivity contribution in [1.29, 1.82) is 0 Å². The lowest BCUT2D eigenvalue weighted by Crippen LogP contribution is -2.47. The van der Waals surface area contributed by atoms with Crippen molar-refractivity contribution in [2.24, 2.45) is 0 Å². The maximum atomic E-state index is 5.91. The van der Waals surface area contributed by atoms with Crippen LogP contribution in [0.4, 0.5) is 0 Å². The molecule has 2 atom stereocenters. The number of ether oxygens (including phenoxy) is 1. The molecule has 1 N–H and O–H groups in total. The molecule has 0 saturated carbocycles. The van der Waals surface area contributed by atoms with Gasteiger partial charge in [0.15, 0.2) is 0 Å². The first kappa shape index (κ1) is 13.5. The summed E-state index contributed by atoms with van der Waals surface area (Å²) in [5.74, 6) is 0. The van der Waals surface area contributed by atoms with Gasteiger partial charge in [0.25, 0.3) is 0 Å². The van der Waals surface area contributed by atoms with Gasteiger partial charge in [-0.15, -0.1) is 11.3 Å². The Balaban J connectivity index is 2.12. The van der Waals surface area contributed by atoms with Gasteiger partial charge in [-0.2, -0.15) is 0 Å². The lowest BCUT2D eigenvalue weighted by Gasteiger charge is -2.38. The van der Waals surface area contributed by atoms with Crippen molar-refractivity contribution in [2.75, 3.05) is 33.3 Å². The molecule has 96 valence electrons. The number of rotatable bonds is 4. The van der Waals surface area contributed by atoms with Gasteiger partial charge in [-0.3, -0.25) is 4.90 Å². The summed E-state index contributed by atoms with van der Waals surface area (Å²) >= 11 is 5.34. The second kappa shape index (κ2) is 6.29. The molecule has 2 unspecified atom stereocenters. The van der Waals surface area contributed by atoms with E-state index in [0.717, 1.165) is 26.2 Å². The van der Waals surface area contributed by atoms with E-state index in [1.165, 1.54) is 8.66 Å². The zero-order valence-electron chi connectivity index (χ0n) is 10.3. The third-order valence-corrected chi connectivity index (χ3v) is 4.78. The van der Waals surface area contributed by atoms with Crippen molar-refractivity contribution in [3.8, 4) is 0 Å². The zero-order valence-corrected chi connectivity index (χ0v) is 12.7. The summed E-state index contributed by atoms with van der Waals surface area (Å²) in [7, 11) is 2.18. The van der Waals surface area contributed by atoms with Crippen LogP contribution in [0.1, 0.15) is 17.8 Å². The highest BCUT2D eigenvalue weighted by atomic mass is 79.9. The number of halogens is 1. The Morgan fingerprint density at radius 3 is 3.06 bits per heavy atom. The van der Waals surface area contributed by atoms with Gasteiger partial charge in [0.2, 0.25) is 0 Å². The van der Waals surface area contributed by atoms with E-state index in [2.05, 4.69) is 52.3 Å². The van der Waals surface area contributed by atoms with Crippen LogP contribution in [0, 0.1) is 0 Å². The Morgan fingerprint density at radius 2 is 2.41 bits per heavy atom. The molecule has 0 amide bonds. The van der Waals surface area contributed by atoms with E-state index in [1.807, 2.05) is 0 Å². The Morgan fingerprint density at radius 1 is 1.59 bits per heavy atom. The van der Waals surface area contributed by atoms with Crippen LogP contribution in [0.15, 0.2) is 15.9 Å². The topological polar surface area (TPSA) is 24.5 Å². The number of morpholine rings is 1. The van der Waals surface area contributed by atoms with E-state index in [1.54, 1.807) is 11.3 Å². The van der Waals surface area contributed by atoms with Crippen LogP contribution in [-0.4, -0.2) is 44.3 Å². The zero-order chi connectivity index (χ0) is 12.3. The number of hydrogen-bond acceptors (Lipinski definition) is 4. The maximum Gasteiger partial charge on any atom is 0.0904 e. The van der Waals surface area contributed by atoms with Crippen LogP contribution >= 0.6 is 27.3 Å². The molecular formula is C12H19BrN2OS. The smallest absolute Gasteiger partial charge is 0.0904 e. The van der Waals surface area contributed by atoms with Gasteiger partial charge < -0.3 is 10.1 Å². The Kier molecular flexibility index (Phi) is 4.99. The Bertz CT molecular complexity index is 358. The highest BCUT2D eigenvalue weighted by molar-refractivity contribution is 9.11. The van der Waals surface area contributed by atoms with Crippen LogP contribution in [0.5, 0.6) is 0 Å². The maximum absolute atomic E-state index is 5.91. The summed E-state index contributed by atoms with van der Waals surface area (Å²) in [6.45, 7) is 5.87. The van der Waals surface area contributed by atoms with Gasteiger partial charge in [-0.25, -0.2) is 0 Å². The van der Waals surface area contributed by atoms with Gasteiger partial charge in [0, 0.05) is 18.0 Å². The minimum absolute atomic E-state index is 0.249. The molecule has 5 heteroatoms. The molecule has 2 heterocycles. The molecule has 2 rings (SSSR count). The van der Waals surface area contributed by atoms with E-state index in [-0.39, 0.29) is 6.10 Å². The second-order valence-corrected chi connectivity index (χ2v) is 6.78. The highest BCUT2D eigenvalue weighted by Gasteiger charge is 2.32. The van der Waals surface area contributed by atoms with Gasteiger partial charge in [-0.05, 0) is 41.7 Å². The molecular weight excluding hydrogens is 300 g/mol. The average molecular weight is 319 g/mol. The monoisotopic (exact) mass is 318 g/mol. The Hall–Kier alpha value is 0.0600. The number of hydrogen-bond donors (Lipinski definition) is 1. The van der Waals surface area contributed by atoms with Crippen LogP contribution in [-0.2, 0) is 4.74 Å². The number of thiophene rings is 1. The summed E-state index contributed by atoms with van der Waals surface area (Å²) < 4.78 is 7.10. The van der Waals surface area contributed by atoms with Crippen LogP contribution in [0.2, 0.25) is 0 Å². The fourth-order valence-corrected chi connectivity index (χ4v) is 3.85. The first-order valence-corrected chi connectivity index (χ1v) is 7.61. The Labute approximate surface area is 115 Å². The molecule has 1 aliphatic heterocycles. The van der Waals surface area contributed by atoms with E-state index in [0.29, 0.717) is 6.04 Å². The van der Waals surface area contributed by atoms with Gasteiger partial charge in [0.1, 0.15) is 0 Å². The predicted molar refractivity (Wildman–Crippen MR) is 75.7 cm³/mol. The molecule has 1 aliphatic rings. The lowest BCUT2D eigenvalue weighted by atomic mass is 10.1. The molecule has 0 radical (unpaired) electrons. The molecule has 0 aromatic carbocycles. The standard InChI is InChI=1S/C12H19BrN2OS/c1-3-14-8-9-12(15(2)6-7-16-9)10-4-5-11(13)17-10/h4-5,9,12,14H,3,6-8H2,1-2H3. The first-order chi connectivity index (χ1) is 8.22. The van der Waals surface area contributed by atoms with Gasteiger partial charge in [0.05, 0.1) is 22.5 Å². The van der Waals surface area contributed by atoms with Crippen molar-refractivity contribution in [3.63, 3.8) is 0 Å². The second-order valence-electron chi connectivity index (χ2n) is 4.28. The number of likely N-dealkylation sites (N-methyl/N-ethyl adjacent to an activating group) is 2. The summed E-state index contributed by atoms with van der Waals surface area (Å²) in [4.78, 5) is 3.77. The summed E-state index contributed by atoms with van der Waals surface area (Å²) in [6, 6.07) is 4.69. The quantitative estimate of drug-likeness (QED) is 0.923. The fraction of sp³-hybridized carbons (Fsp3) is 0.667. The van der Waals surface area contributed by atoms with Crippen molar-refractivity contribution < 1.29 is 4.74 Å². The normalized spacial score (nSPS) is 26.3. The van der Waals surface area contributed by atoms with E-state index in [9.17, 15) is 0 Å². The lowest BCUT2D eigenvalue weighted by molar-refractivity contribution is -0.0600. The molecule has 1 fully saturated rings. The molecule has 1 aromatic heterocycles. The molecule has 0 spiro atoms. The fourth-order valence-electron chi connectivity index (χ4n) is 2.21. The largest absolute Gasteiger partial charge is 0.374 e. The predicted octanol–water partition coefficient (Wildman–Crippen LogP) is 2.49. The van der Waals surface area contributed by atoms with Gasteiger partial charge >= 0.3 is 0 Å². The molecule has 1 saturated heterocycles. The molecule has 3 nitrogen and oxygen atoms in total. The van der Waals surface area contributed by atoms with Crippen LogP contribution < -0.4 is 5.32 Å². The van der Waals surface area contributed by atoms with E-state index < -0.39 is 0 Å². The van der Waals surface area contributed by atoms with Gasteiger partial charge in [-0.1, -0.05) is 6.92 Å². The highest BCUT2D eigenvalue weighted by Crippen LogP contribution is 2.34. The van der Waals surface area contributed by atoms with Crippen molar-refractivity contribution in [2.45, 2.75) is 19.1 Å². The third-order valence-electron chi connectivity index (χ3n) is 3.08. The first-order valence-electron chi connectivity index (χ1n) is 6.00. The van der Waals surface area contributed by atoms with E-state index in [4.69, 9.17) is 4.74 Å². The van der Waals surface area contributed by atoms with Crippen molar-refractivity contribution in [3.05, 3.63) is 20.8 Å². The molecule has 17 heavy (non-hydrogen) atoms. The summed E-state index contributed by atoms with van der Waals surface area (Å²) in [5.41, 5.74) is 0. The van der Waals surface area contributed by atoms with Crippen LogP contribution in [0.25, 0.3) is 0 Å². The molecule has 0 aliphatic carbocycles. The molecule has 0 bridgehead atoms. The summed E-state index contributed by atoms with van der Waals surface area (Å²) in [6.07, 6.45) is 0.249. The summed E-state index contributed by atoms with van der Waals surface area (Å²) in [5, 5.41) is 3.39. The minimum atomic E-state index is 0.249.